The van der Waals surface area contributed by atoms with Crippen molar-refractivity contribution >= 4 is 17.6 Å². The van der Waals surface area contributed by atoms with Gasteiger partial charge in [-0.2, -0.15) is 0 Å². The first kappa shape index (κ1) is 14.0. The Hall–Kier alpha value is -2.44. The highest BCUT2D eigenvalue weighted by molar-refractivity contribution is 5.89. The molecular formula is C13H18N4O3. The summed E-state index contributed by atoms with van der Waals surface area (Å²) in [6.45, 7) is 1.63. The molecule has 0 atom stereocenters. The third-order valence-corrected chi connectivity index (χ3v) is 3.01. The van der Waals surface area contributed by atoms with Crippen LogP contribution in [-0.4, -0.2) is 41.7 Å². The standard InChI is InChI=1S/C13H18N4O3/c14-12(16-19)9-20-11-5-3-10(4-6-11)15-13(18)17-7-1-2-8-17/h3-6,19H,1-2,7-9H2,(H2,14,16)(H,15,18). The van der Waals surface area contributed by atoms with Gasteiger partial charge in [-0.15, -0.1) is 0 Å². The maximum Gasteiger partial charge on any atom is 0.321 e. The molecule has 1 aliphatic heterocycles. The molecule has 1 aromatic rings. The monoisotopic (exact) mass is 278 g/mol. The summed E-state index contributed by atoms with van der Waals surface area (Å²) in [5, 5.41) is 14.0. The van der Waals surface area contributed by atoms with Gasteiger partial charge in [-0.1, -0.05) is 5.16 Å². The van der Waals surface area contributed by atoms with Crippen molar-refractivity contribution in [3.05, 3.63) is 24.3 Å². The molecule has 1 heterocycles. The van der Waals surface area contributed by atoms with Gasteiger partial charge in [0.2, 0.25) is 0 Å². The van der Waals surface area contributed by atoms with E-state index in [1.807, 2.05) is 0 Å². The normalized spacial score (nSPS) is 15.2. The van der Waals surface area contributed by atoms with Crippen molar-refractivity contribution in [1.82, 2.24) is 4.90 Å². The third kappa shape index (κ3) is 3.78. The Morgan fingerprint density at radius 3 is 2.60 bits per heavy atom. The number of urea groups is 1. The molecule has 1 aromatic carbocycles. The predicted molar refractivity (Wildman–Crippen MR) is 75.2 cm³/mol. The molecule has 7 heteroatoms. The van der Waals surface area contributed by atoms with Gasteiger partial charge in [0.25, 0.3) is 0 Å². The van der Waals surface area contributed by atoms with E-state index in [0.29, 0.717) is 11.4 Å². The van der Waals surface area contributed by atoms with Crippen LogP contribution in [0.3, 0.4) is 0 Å². The minimum absolute atomic E-state index is 0.00332. The summed E-state index contributed by atoms with van der Waals surface area (Å²) >= 11 is 0. The average Bonchev–Trinajstić information content (AvgIpc) is 3.00. The van der Waals surface area contributed by atoms with Crippen LogP contribution in [0.25, 0.3) is 0 Å². The number of benzene rings is 1. The molecule has 0 unspecified atom stereocenters. The Balaban J connectivity index is 1.86. The van der Waals surface area contributed by atoms with E-state index in [-0.39, 0.29) is 18.5 Å². The molecule has 2 amide bonds. The number of rotatable bonds is 4. The number of likely N-dealkylation sites (tertiary alicyclic amines) is 1. The molecule has 0 aromatic heterocycles. The first-order chi connectivity index (χ1) is 9.69. The van der Waals surface area contributed by atoms with Gasteiger partial charge in [0.05, 0.1) is 0 Å². The van der Waals surface area contributed by atoms with Gasteiger partial charge < -0.3 is 25.9 Å². The van der Waals surface area contributed by atoms with E-state index in [4.69, 9.17) is 15.7 Å². The first-order valence-electron chi connectivity index (χ1n) is 6.44. The Bertz CT molecular complexity index is 481. The summed E-state index contributed by atoms with van der Waals surface area (Å²) < 4.78 is 5.28. The summed E-state index contributed by atoms with van der Waals surface area (Å²) in [6.07, 6.45) is 2.13. The number of nitrogens with one attached hydrogen (secondary N) is 1. The number of ether oxygens (including phenoxy) is 1. The van der Waals surface area contributed by atoms with Crippen LogP contribution < -0.4 is 15.8 Å². The van der Waals surface area contributed by atoms with Gasteiger partial charge in [0.15, 0.2) is 5.84 Å². The number of hydrogen-bond donors (Lipinski definition) is 3. The molecule has 1 fully saturated rings. The molecule has 0 spiro atoms. The zero-order valence-electron chi connectivity index (χ0n) is 11.1. The summed E-state index contributed by atoms with van der Waals surface area (Å²) in [6, 6.07) is 6.84. The lowest BCUT2D eigenvalue weighted by Crippen LogP contribution is -2.32. The third-order valence-electron chi connectivity index (χ3n) is 3.01. The fraction of sp³-hybridized carbons (Fsp3) is 0.385. The van der Waals surface area contributed by atoms with Crippen LogP contribution in [0, 0.1) is 0 Å². The minimum Gasteiger partial charge on any atom is -0.486 e. The molecule has 0 radical (unpaired) electrons. The van der Waals surface area contributed by atoms with Crippen LogP contribution in [-0.2, 0) is 0 Å². The highest BCUT2D eigenvalue weighted by atomic mass is 16.5. The number of nitrogens with two attached hydrogens (primary N) is 1. The summed E-state index contributed by atoms with van der Waals surface area (Å²) in [4.78, 5) is 13.7. The van der Waals surface area contributed by atoms with E-state index in [1.165, 1.54) is 0 Å². The van der Waals surface area contributed by atoms with E-state index in [0.717, 1.165) is 25.9 Å². The van der Waals surface area contributed by atoms with Crippen LogP contribution in [0.5, 0.6) is 5.75 Å². The fourth-order valence-corrected chi connectivity index (χ4v) is 1.94. The van der Waals surface area contributed by atoms with Gasteiger partial charge in [0, 0.05) is 18.8 Å². The summed E-state index contributed by atoms with van der Waals surface area (Å²) in [5.74, 6) is 0.576. The van der Waals surface area contributed by atoms with Crippen molar-refractivity contribution in [2.45, 2.75) is 12.8 Å². The number of nitrogens with zero attached hydrogens (tertiary/aromatic N) is 2. The number of hydrogen-bond acceptors (Lipinski definition) is 4. The SMILES string of the molecule is NC(COc1ccc(NC(=O)N2CCCC2)cc1)=NO. The molecule has 4 N–H and O–H groups in total. The lowest BCUT2D eigenvalue weighted by atomic mass is 10.3. The lowest BCUT2D eigenvalue weighted by molar-refractivity contribution is 0.222. The molecule has 0 saturated carbocycles. The van der Waals surface area contributed by atoms with Crippen LogP contribution >= 0.6 is 0 Å². The largest absolute Gasteiger partial charge is 0.486 e. The lowest BCUT2D eigenvalue weighted by Gasteiger charge is -2.16. The Kier molecular flexibility index (Phi) is 4.65. The molecule has 1 saturated heterocycles. The van der Waals surface area contributed by atoms with Crippen molar-refractivity contribution in [2.24, 2.45) is 10.9 Å². The van der Waals surface area contributed by atoms with Crippen LogP contribution in [0.4, 0.5) is 10.5 Å². The molecule has 7 nitrogen and oxygen atoms in total. The molecule has 1 aliphatic rings. The second-order valence-corrected chi connectivity index (χ2v) is 4.53. The quantitative estimate of drug-likeness (QED) is 0.336. The molecule has 2 rings (SSSR count). The number of carbonyl (C=O) groups is 1. The molecule has 0 aliphatic carbocycles. The molecule has 20 heavy (non-hydrogen) atoms. The van der Waals surface area contributed by atoms with Gasteiger partial charge in [-0.3, -0.25) is 0 Å². The first-order valence-corrected chi connectivity index (χ1v) is 6.44. The van der Waals surface area contributed by atoms with Crippen LogP contribution in [0.1, 0.15) is 12.8 Å². The van der Waals surface area contributed by atoms with E-state index in [2.05, 4.69) is 10.5 Å². The smallest absolute Gasteiger partial charge is 0.321 e. The van der Waals surface area contributed by atoms with Crippen molar-refractivity contribution in [2.75, 3.05) is 25.0 Å². The fourth-order valence-electron chi connectivity index (χ4n) is 1.94. The Labute approximate surface area is 117 Å². The number of oxime groups is 1. The molecular weight excluding hydrogens is 260 g/mol. The zero-order valence-corrected chi connectivity index (χ0v) is 11.1. The van der Waals surface area contributed by atoms with Gasteiger partial charge in [-0.05, 0) is 37.1 Å². The topological polar surface area (TPSA) is 100 Å². The zero-order chi connectivity index (χ0) is 14.4. The number of amides is 2. The van der Waals surface area contributed by atoms with Gasteiger partial charge >= 0.3 is 6.03 Å². The number of anilines is 1. The van der Waals surface area contributed by atoms with Gasteiger partial charge in [0.1, 0.15) is 12.4 Å². The summed E-state index contributed by atoms with van der Waals surface area (Å²) in [5.41, 5.74) is 6.01. The highest BCUT2D eigenvalue weighted by Crippen LogP contribution is 2.17. The summed E-state index contributed by atoms with van der Waals surface area (Å²) in [7, 11) is 0. The minimum atomic E-state index is -0.0761. The van der Waals surface area contributed by atoms with Gasteiger partial charge in [-0.25, -0.2) is 4.79 Å². The Morgan fingerprint density at radius 2 is 2.00 bits per heavy atom. The molecule has 0 bridgehead atoms. The maximum absolute atomic E-state index is 11.9. The van der Waals surface area contributed by atoms with E-state index in [1.54, 1.807) is 29.2 Å². The highest BCUT2D eigenvalue weighted by Gasteiger charge is 2.17. The van der Waals surface area contributed by atoms with Crippen molar-refractivity contribution < 1.29 is 14.7 Å². The second-order valence-electron chi connectivity index (χ2n) is 4.53. The van der Waals surface area contributed by atoms with Crippen molar-refractivity contribution in [3.8, 4) is 5.75 Å². The average molecular weight is 278 g/mol. The Morgan fingerprint density at radius 1 is 1.35 bits per heavy atom. The van der Waals surface area contributed by atoms with E-state index in [9.17, 15) is 4.79 Å². The molecule has 108 valence electrons. The second kappa shape index (κ2) is 6.65. The van der Waals surface area contributed by atoms with Crippen LogP contribution in [0.15, 0.2) is 29.4 Å². The maximum atomic E-state index is 11.9. The predicted octanol–water partition coefficient (Wildman–Crippen LogP) is 1.44. The van der Waals surface area contributed by atoms with E-state index >= 15 is 0 Å². The van der Waals surface area contributed by atoms with Crippen LogP contribution in [0.2, 0.25) is 0 Å². The number of carbonyl (C=O) groups excluding carboxylic acids is 1. The van der Waals surface area contributed by atoms with Crippen molar-refractivity contribution in [3.63, 3.8) is 0 Å². The van der Waals surface area contributed by atoms with E-state index < -0.39 is 0 Å². The van der Waals surface area contributed by atoms with Crippen molar-refractivity contribution in [1.29, 1.82) is 0 Å². The number of amidine groups is 1.